The van der Waals surface area contributed by atoms with Crippen LogP contribution in [0.25, 0.3) is 0 Å². The summed E-state index contributed by atoms with van der Waals surface area (Å²) in [5, 5.41) is 11.6. The van der Waals surface area contributed by atoms with Crippen LogP contribution in [0.2, 0.25) is 5.02 Å². The summed E-state index contributed by atoms with van der Waals surface area (Å²) in [6.45, 7) is 1.07. The second kappa shape index (κ2) is 12.4. The van der Waals surface area contributed by atoms with Crippen molar-refractivity contribution in [3.8, 4) is 0 Å². The highest BCUT2D eigenvalue weighted by molar-refractivity contribution is 8.13. The fraction of sp³-hybridized carbons (Fsp3) is 0.444. The molecular weight excluding hydrogens is 670 g/mol. The van der Waals surface area contributed by atoms with Gasteiger partial charge in [0.25, 0.3) is 11.8 Å². The SMILES string of the molecule is NC(=O)c1cc(C(F)(F)F)c(SC(=O)O)c(C(F)(F)F)c1N1CCC2(CC1)CC(C(=O)N1CCN(c3ncccc3Cl)CC1)=NO2. The van der Waals surface area contributed by atoms with Gasteiger partial charge in [0.2, 0.25) is 0 Å². The van der Waals surface area contributed by atoms with Crippen LogP contribution in [0.3, 0.4) is 0 Å². The standard InChI is InChI=1S/C27H25ClF6N6O5S/c28-16-2-1-5-36-22(16)39-8-10-40(11-9-39)23(42)17-13-25(45-37-17)3-6-38(7-4-25)19-14(21(35)41)12-15(26(29,30)31)20(46-24(43)44)18(19)27(32,33)34/h1-2,5,12H,3-4,6-11,13H2,(H2,35,41)(H,43,44). The highest BCUT2D eigenvalue weighted by Gasteiger charge is 2.49. The minimum absolute atomic E-state index is 0.0167. The van der Waals surface area contributed by atoms with Crippen molar-refractivity contribution in [2.45, 2.75) is 42.1 Å². The van der Waals surface area contributed by atoms with Crippen molar-refractivity contribution >= 4 is 57.7 Å². The van der Waals surface area contributed by atoms with E-state index in [1.807, 2.05) is 4.90 Å². The molecule has 0 bridgehead atoms. The molecule has 0 unspecified atom stereocenters. The molecule has 2 amide bonds. The zero-order valence-corrected chi connectivity index (χ0v) is 25.2. The molecule has 0 atom stereocenters. The van der Waals surface area contributed by atoms with Gasteiger partial charge in [0, 0.05) is 69.6 Å². The molecule has 0 aliphatic carbocycles. The van der Waals surface area contributed by atoms with Gasteiger partial charge in [-0.1, -0.05) is 16.8 Å². The number of hydrogen-bond donors (Lipinski definition) is 2. The fourth-order valence-corrected chi connectivity index (χ4v) is 6.81. The van der Waals surface area contributed by atoms with E-state index >= 15 is 0 Å². The van der Waals surface area contributed by atoms with Crippen LogP contribution in [0.15, 0.2) is 34.4 Å². The number of carbonyl (C=O) groups is 3. The predicted octanol–water partition coefficient (Wildman–Crippen LogP) is 5.11. The van der Waals surface area contributed by atoms with Gasteiger partial charge in [-0.2, -0.15) is 26.3 Å². The van der Waals surface area contributed by atoms with E-state index in [4.69, 9.17) is 27.3 Å². The maximum Gasteiger partial charge on any atom is 0.419 e. The number of nitrogens with two attached hydrogens (primary N) is 1. The van der Waals surface area contributed by atoms with Crippen molar-refractivity contribution in [3.05, 3.63) is 46.1 Å². The number of alkyl halides is 6. The molecule has 248 valence electrons. The monoisotopic (exact) mass is 694 g/mol. The molecular formula is C27H25ClF6N6O5S. The van der Waals surface area contributed by atoms with Crippen molar-refractivity contribution < 1.29 is 50.7 Å². The molecule has 3 aliphatic heterocycles. The summed E-state index contributed by atoms with van der Waals surface area (Å²) >= 11 is 5.57. The Morgan fingerprint density at radius 2 is 1.65 bits per heavy atom. The summed E-state index contributed by atoms with van der Waals surface area (Å²) < 4.78 is 84.8. The zero-order valence-electron chi connectivity index (χ0n) is 23.6. The number of pyridine rings is 1. The van der Waals surface area contributed by atoms with Crippen LogP contribution in [-0.4, -0.2) is 82.7 Å². The molecule has 3 N–H and O–H groups in total. The number of benzene rings is 1. The lowest BCUT2D eigenvalue weighted by molar-refractivity contribution is -0.147. The van der Waals surface area contributed by atoms with Crippen molar-refractivity contribution in [1.29, 1.82) is 0 Å². The maximum absolute atomic E-state index is 14.4. The smallest absolute Gasteiger partial charge is 0.419 e. The van der Waals surface area contributed by atoms with E-state index in [0.29, 0.717) is 37.0 Å². The Kier molecular flexibility index (Phi) is 8.98. The second-order valence-electron chi connectivity index (χ2n) is 10.8. The Morgan fingerprint density at radius 3 is 2.20 bits per heavy atom. The van der Waals surface area contributed by atoms with Crippen molar-refractivity contribution in [2.24, 2.45) is 10.9 Å². The maximum atomic E-state index is 14.4. The molecule has 1 aromatic heterocycles. The van der Waals surface area contributed by atoms with Gasteiger partial charge in [-0.05, 0) is 30.0 Å². The van der Waals surface area contributed by atoms with Crippen molar-refractivity contribution in [1.82, 2.24) is 9.88 Å². The number of primary amides is 1. The van der Waals surface area contributed by atoms with Crippen LogP contribution < -0.4 is 15.5 Å². The number of piperazine rings is 1. The normalized spacial score (nSPS) is 18.4. The molecule has 4 heterocycles. The van der Waals surface area contributed by atoms with Crippen LogP contribution in [0.4, 0.5) is 42.6 Å². The summed E-state index contributed by atoms with van der Waals surface area (Å²) in [7, 11) is 0. The summed E-state index contributed by atoms with van der Waals surface area (Å²) in [6, 6.07) is 3.56. The number of carbonyl (C=O) groups excluding carboxylic acids is 2. The quantitative estimate of drug-likeness (QED) is 0.323. The zero-order chi connectivity index (χ0) is 33.6. The number of piperidine rings is 1. The molecule has 2 saturated heterocycles. The summed E-state index contributed by atoms with van der Waals surface area (Å²) in [5.41, 5.74) is -1.59. The lowest BCUT2D eigenvalue weighted by Crippen LogP contribution is -2.51. The first-order valence-electron chi connectivity index (χ1n) is 13.7. The van der Waals surface area contributed by atoms with Crippen LogP contribution in [-0.2, 0) is 22.0 Å². The van der Waals surface area contributed by atoms with Gasteiger partial charge < -0.3 is 30.4 Å². The summed E-state index contributed by atoms with van der Waals surface area (Å²) in [5.74, 6) is -1.34. The molecule has 3 aliphatic rings. The number of rotatable bonds is 5. The Balaban J connectivity index is 1.33. The molecule has 11 nitrogen and oxygen atoms in total. The van der Waals surface area contributed by atoms with Crippen molar-refractivity contribution in [2.75, 3.05) is 49.1 Å². The number of carboxylic acid groups (broad SMARTS) is 1. The largest absolute Gasteiger partial charge is 0.473 e. The van der Waals surface area contributed by atoms with Crippen LogP contribution in [0.1, 0.15) is 40.7 Å². The second-order valence-corrected chi connectivity index (χ2v) is 12.2. The average molecular weight is 695 g/mol. The van der Waals surface area contributed by atoms with Crippen LogP contribution >= 0.6 is 23.4 Å². The minimum atomic E-state index is -5.49. The van der Waals surface area contributed by atoms with E-state index in [1.54, 1.807) is 23.2 Å². The van der Waals surface area contributed by atoms with Gasteiger partial charge >= 0.3 is 17.7 Å². The van der Waals surface area contributed by atoms with Gasteiger partial charge in [-0.15, -0.1) is 0 Å². The molecule has 0 radical (unpaired) electrons. The fourth-order valence-electron chi connectivity index (χ4n) is 5.79. The van der Waals surface area contributed by atoms with Crippen LogP contribution in [0, 0.1) is 0 Å². The lowest BCUT2D eigenvalue weighted by atomic mass is 9.85. The highest BCUT2D eigenvalue weighted by atomic mass is 35.5. The predicted molar refractivity (Wildman–Crippen MR) is 154 cm³/mol. The first-order chi connectivity index (χ1) is 21.5. The molecule has 1 aromatic carbocycles. The average Bonchev–Trinajstić information content (AvgIpc) is 3.39. The first kappa shape index (κ1) is 33.4. The van der Waals surface area contributed by atoms with Gasteiger partial charge in [0.05, 0.1) is 27.4 Å². The Bertz CT molecular complexity index is 1590. The van der Waals surface area contributed by atoms with E-state index in [2.05, 4.69) is 10.1 Å². The number of aromatic nitrogens is 1. The highest BCUT2D eigenvalue weighted by Crippen LogP contribution is 2.51. The topological polar surface area (TPSA) is 142 Å². The first-order valence-corrected chi connectivity index (χ1v) is 14.9. The third-order valence-corrected chi connectivity index (χ3v) is 9.08. The number of thioether (sulfide) groups is 1. The molecule has 2 fully saturated rings. The van der Waals surface area contributed by atoms with E-state index in [-0.39, 0.29) is 50.0 Å². The molecule has 0 saturated carbocycles. The third-order valence-electron chi connectivity index (χ3n) is 7.98. The van der Waals surface area contributed by atoms with Gasteiger partial charge in [0.1, 0.15) is 17.1 Å². The van der Waals surface area contributed by atoms with Crippen LogP contribution in [0.5, 0.6) is 0 Å². The minimum Gasteiger partial charge on any atom is -0.473 e. The van der Waals surface area contributed by atoms with Crippen molar-refractivity contribution in [3.63, 3.8) is 0 Å². The molecule has 46 heavy (non-hydrogen) atoms. The third kappa shape index (κ3) is 6.63. The molecule has 2 aromatic rings. The number of amides is 2. The van der Waals surface area contributed by atoms with E-state index in [1.165, 1.54) is 0 Å². The Hall–Kier alpha value is -3.93. The molecule has 1 spiro atoms. The number of halogens is 7. The molecule has 5 rings (SSSR count). The Labute approximate surface area is 266 Å². The number of oxime groups is 1. The number of hydrogen-bond acceptors (Lipinski definition) is 9. The lowest BCUT2D eigenvalue weighted by Gasteiger charge is -2.40. The van der Waals surface area contributed by atoms with E-state index in [9.17, 15) is 40.7 Å². The van der Waals surface area contributed by atoms with Gasteiger partial charge in [-0.3, -0.25) is 9.59 Å². The van der Waals surface area contributed by atoms with Gasteiger partial charge in [0.15, 0.2) is 0 Å². The summed E-state index contributed by atoms with van der Waals surface area (Å²) in [4.78, 5) is 49.7. The molecule has 19 heteroatoms. The summed E-state index contributed by atoms with van der Waals surface area (Å²) in [6.07, 6.45) is -9.31. The van der Waals surface area contributed by atoms with Gasteiger partial charge in [-0.25, -0.2) is 9.78 Å². The number of anilines is 2. The Morgan fingerprint density at radius 1 is 1.00 bits per heavy atom. The van der Waals surface area contributed by atoms with E-state index in [0.717, 1.165) is 4.90 Å². The number of nitrogens with zero attached hydrogens (tertiary/aromatic N) is 5. The van der Waals surface area contributed by atoms with E-state index < -0.39 is 68.2 Å².